The number of hydrogen-bond acceptors (Lipinski definition) is 4. The summed E-state index contributed by atoms with van der Waals surface area (Å²) in [5.41, 5.74) is 0.928. The van der Waals surface area contributed by atoms with Crippen molar-refractivity contribution in [3.63, 3.8) is 0 Å². The smallest absolute Gasteiger partial charge is 0.243 e. The molecule has 7 heteroatoms. The number of ether oxygens (including phenoxy) is 2. The van der Waals surface area contributed by atoms with Crippen LogP contribution in [0.2, 0.25) is 5.02 Å². The molecule has 180 valence electrons. The molecule has 0 aliphatic rings. The van der Waals surface area contributed by atoms with Crippen molar-refractivity contribution in [1.82, 2.24) is 10.2 Å². The monoisotopic (exact) mass is 474 g/mol. The van der Waals surface area contributed by atoms with Crippen molar-refractivity contribution < 1.29 is 19.1 Å². The number of carbonyl (C=O) groups is 2. The average Bonchev–Trinajstić information content (AvgIpc) is 2.83. The van der Waals surface area contributed by atoms with Crippen molar-refractivity contribution in [3.8, 4) is 11.5 Å². The predicted octanol–water partition coefficient (Wildman–Crippen LogP) is 5.23. The van der Waals surface area contributed by atoms with E-state index in [1.54, 1.807) is 24.1 Å². The van der Waals surface area contributed by atoms with E-state index in [4.69, 9.17) is 21.1 Å². The van der Waals surface area contributed by atoms with Crippen LogP contribution in [0.15, 0.2) is 48.5 Å². The highest BCUT2D eigenvalue weighted by molar-refractivity contribution is 6.30. The van der Waals surface area contributed by atoms with Crippen LogP contribution in [0.25, 0.3) is 0 Å². The summed E-state index contributed by atoms with van der Waals surface area (Å²) in [4.78, 5) is 27.8. The maximum absolute atomic E-state index is 13.2. The summed E-state index contributed by atoms with van der Waals surface area (Å²) in [5.74, 6) is 1.29. The summed E-state index contributed by atoms with van der Waals surface area (Å²) in [5, 5.41) is 3.65. The number of benzene rings is 2. The third kappa shape index (κ3) is 8.61. The van der Waals surface area contributed by atoms with Crippen molar-refractivity contribution in [2.45, 2.75) is 65.1 Å². The molecule has 0 bridgehead atoms. The number of rotatable bonds is 13. The molecule has 0 radical (unpaired) electrons. The molecule has 2 aromatic carbocycles. The molecule has 0 aromatic heterocycles. The van der Waals surface area contributed by atoms with Gasteiger partial charge in [0.15, 0.2) is 0 Å². The Morgan fingerprint density at radius 2 is 1.64 bits per heavy atom. The van der Waals surface area contributed by atoms with Crippen molar-refractivity contribution in [2.75, 3.05) is 13.7 Å². The Hall–Kier alpha value is -2.73. The lowest BCUT2D eigenvalue weighted by molar-refractivity contribution is -0.141. The quantitative estimate of drug-likeness (QED) is 0.403. The maximum Gasteiger partial charge on any atom is 0.243 e. The van der Waals surface area contributed by atoms with Crippen LogP contribution in [0.4, 0.5) is 0 Å². The largest absolute Gasteiger partial charge is 0.497 e. The number of nitrogens with zero attached hydrogens (tertiary/aromatic N) is 1. The molecule has 0 aliphatic heterocycles. The van der Waals surface area contributed by atoms with Gasteiger partial charge in [0.25, 0.3) is 0 Å². The van der Waals surface area contributed by atoms with Crippen LogP contribution in [-0.4, -0.2) is 42.5 Å². The molecule has 2 rings (SSSR count). The molecular formula is C26H35ClN2O4. The summed E-state index contributed by atoms with van der Waals surface area (Å²) >= 11 is 6.01. The van der Waals surface area contributed by atoms with Gasteiger partial charge in [-0.1, -0.05) is 37.6 Å². The molecule has 2 atom stereocenters. The highest BCUT2D eigenvalue weighted by Crippen LogP contribution is 2.19. The standard InChI is InChI=1S/C26H35ClN2O4/c1-5-19(3)28-26(31)24(6-2)29(18-20-9-11-21(27)12-10-20)25(30)8-7-17-33-23-15-13-22(32-4)14-16-23/h9-16,19,24H,5-8,17-18H2,1-4H3,(H,28,31)/t19-,24+/m0/s1. The van der Waals surface area contributed by atoms with E-state index in [0.29, 0.717) is 31.0 Å². The molecule has 0 saturated carbocycles. The van der Waals surface area contributed by atoms with Gasteiger partial charge in [-0.15, -0.1) is 0 Å². The Bertz CT molecular complexity index is 871. The lowest BCUT2D eigenvalue weighted by atomic mass is 10.1. The molecule has 0 fully saturated rings. The summed E-state index contributed by atoms with van der Waals surface area (Å²) in [6, 6.07) is 14.2. The van der Waals surface area contributed by atoms with Gasteiger partial charge in [-0.2, -0.15) is 0 Å². The topological polar surface area (TPSA) is 67.9 Å². The van der Waals surface area contributed by atoms with Gasteiger partial charge in [0, 0.05) is 24.0 Å². The Morgan fingerprint density at radius 1 is 1.00 bits per heavy atom. The number of carbonyl (C=O) groups excluding carboxylic acids is 2. The first kappa shape index (κ1) is 26.5. The van der Waals surface area contributed by atoms with Crippen LogP contribution in [0.5, 0.6) is 11.5 Å². The first-order chi connectivity index (χ1) is 15.9. The highest BCUT2D eigenvalue weighted by atomic mass is 35.5. The molecule has 6 nitrogen and oxygen atoms in total. The van der Waals surface area contributed by atoms with Gasteiger partial charge in [-0.05, 0) is 68.1 Å². The van der Waals surface area contributed by atoms with E-state index in [9.17, 15) is 9.59 Å². The van der Waals surface area contributed by atoms with Crippen LogP contribution >= 0.6 is 11.6 Å². The molecular weight excluding hydrogens is 440 g/mol. The summed E-state index contributed by atoms with van der Waals surface area (Å²) in [7, 11) is 1.62. The molecule has 2 amide bonds. The Balaban J connectivity index is 2.04. The van der Waals surface area contributed by atoms with E-state index in [2.05, 4.69) is 5.32 Å². The maximum atomic E-state index is 13.2. The zero-order chi connectivity index (χ0) is 24.2. The summed E-state index contributed by atoms with van der Waals surface area (Å²) in [6.45, 7) is 6.66. The number of halogens is 1. The number of amides is 2. The number of hydrogen-bond donors (Lipinski definition) is 1. The van der Waals surface area contributed by atoms with Crippen LogP contribution in [0, 0.1) is 0 Å². The van der Waals surface area contributed by atoms with Crippen molar-refractivity contribution in [3.05, 3.63) is 59.1 Å². The second kappa shape index (κ2) is 13.7. The van der Waals surface area contributed by atoms with Crippen LogP contribution in [0.1, 0.15) is 52.0 Å². The molecule has 2 aromatic rings. The van der Waals surface area contributed by atoms with Gasteiger partial charge in [0.1, 0.15) is 17.5 Å². The third-order valence-corrected chi connectivity index (χ3v) is 5.77. The van der Waals surface area contributed by atoms with E-state index in [1.807, 2.05) is 57.2 Å². The van der Waals surface area contributed by atoms with Crippen molar-refractivity contribution >= 4 is 23.4 Å². The number of methoxy groups -OCH3 is 1. The Kier molecular flexibility index (Phi) is 11.0. The molecule has 0 unspecified atom stereocenters. The van der Waals surface area contributed by atoms with Gasteiger partial charge < -0.3 is 19.7 Å². The SMILES string of the molecule is CC[C@H](C(=O)N[C@@H](C)CC)N(Cc1ccc(Cl)cc1)C(=O)CCCOc1ccc(OC)cc1. The molecule has 33 heavy (non-hydrogen) atoms. The fourth-order valence-electron chi connectivity index (χ4n) is 3.38. The average molecular weight is 475 g/mol. The van der Waals surface area contributed by atoms with Gasteiger partial charge >= 0.3 is 0 Å². The second-order valence-electron chi connectivity index (χ2n) is 8.02. The van der Waals surface area contributed by atoms with E-state index in [-0.39, 0.29) is 24.3 Å². The third-order valence-electron chi connectivity index (χ3n) is 5.52. The molecule has 0 heterocycles. The normalized spacial score (nSPS) is 12.5. The zero-order valence-corrected chi connectivity index (χ0v) is 20.7. The Morgan fingerprint density at radius 3 is 2.21 bits per heavy atom. The lowest BCUT2D eigenvalue weighted by Gasteiger charge is -2.31. The minimum absolute atomic E-state index is 0.0527. The van der Waals surface area contributed by atoms with Crippen molar-refractivity contribution in [2.24, 2.45) is 0 Å². The van der Waals surface area contributed by atoms with Gasteiger partial charge in [0.2, 0.25) is 11.8 Å². The van der Waals surface area contributed by atoms with Crippen LogP contribution in [-0.2, 0) is 16.1 Å². The van der Waals surface area contributed by atoms with Crippen LogP contribution in [0.3, 0.4) is 0 Å². The summed E-state index contributed by atoms with van der Waals surface area (Å²) < 4.78 is 10.9. The lowest BCUT2D eigenvalue weighted by Crippen LogP contribution is -2.50. The fourth-order valence-corrected chi connectivity index (χ4v) is 3.50. The Labute approximate surface area is 202 Å². The zero-order valence-electron chi connectivity index (χ0n) is 20.0. The van der Waals surface area contributed by atoms with E-state index in [0.717, 1.165) is 23.5 Å². The fraction of sp³-hybridized carbons (Fsp3) is 0.462. The molecule has 1 N–H and O–H groups in total. The molecule has 0 saturated heterocycles. The predicted molar refractivity (Wildman–Crippen MR) is 132 cm³/mol. The van der Waals surface area contributed by atoms with E-state index < -0.39 is 6.04 Å². The first-order valence-electron chi connectivity index (χ1n) is 11.5. The van der Waals surface area contributed by atoms with Gasteiger partial charge in [0.05, 0.1) is 13.7 Å². The molecule has 0 spiro atoms. The number of nitrogens with one attached hydrogen (secondary N) is 1. The van der Waals surface area contributed by atoms with Gasteiger partial charge in [-0.3, -0.25) is 9.59 Å². The second-order valence-corrected chi connectivity index (χ2v) is 8.45. The summed E-state index contributed by atoms with van der Waals surface area (Å²) in [6.07, 6.45) is 2.20. The molecule has 0 aliphatic carbocycles. The van der Waals surface area contributed by atoms with Gasteiger partial charge in [-0.25, -0.2) is 0 Å². The highest BCUT2D eigenvalue weighted by Gasteiger charge is 2.28. The van der Waals surface area contributed by atoms with E-state index in [1.165, 1.54) is 0 Å². The first-order valence-corrected chi connectivity index (χ1v) is 11.9. The minimum atomic E-state index is -0.537. The van der Waals surface area contributed by atoms with E-state index >= 15 is 0 Å². The van der Waals surface area contributed by atoms with Crippen LogP contribution < -0.4 is 14.8 Å². The minimum Gasteiger partial charge on any atom is -0.497 e. The van der Waals surface area contributed by atoms with Crippen molar-refractivity contribution in [1.29, 1.82) is 0 Å².